The molecule has 2 heterocycles. The zero-order valence-electron chi connectivity index (χ0n) is 20.7. The molecule has 9 heteroatoms. The smallest absolute Gasteiger partial charge is 0.277 e. The average molecular weight is 500 g/mol. The minimum absolute atomic E-state index is 0.0379. The molecular formula is C28H26FN5O3. The zero-order valence-corrected chi connectivity index (χ0v) is 20.7. The van der Waals surface area contributed by atoms with E-state index in [9.17, 15) is 18.8 Å². The first-order chi connectivity index (χ1) is 17.8. The van der Waals surface area contributed by atoms with Gasteiger partial charge in [0.05, 0.1) is 18.8 Å². The van der Waals surface area contributed by atoms with Crippen LogP contribution in [0.3, 0.4) is 0 Å². The van der Waals surface area contributed by atoms with E-state index in [2.05, 4.69) is 20.6 Å². The molecule has 4 rings (SSSR count). The Balaban J connectivity index is 1.76. The first-order valence-electron chi connectivity index (χ1n) is 11.7. The summed E-state index contributed by atoms with van der Waals surface area (Å²) in [4.78, 5) is 47.6. The summed E-state index contributed by atoms with van der Waals surface area (Å²) in [5, 5.41) is 5.47. The number of rotatable bonds is 8. The van der Waals surface area contributed by atoms with E-state index in [0.29, 0.717) is 22.5 Å². The number of carbonyl (C=O) groups is 2. The van der Waals surface area contributed by atoms with Gasteiger partial charge in [0.2, 0.25) is 5.91 Å². The number of anilines is 1. The molecule has 1 atom stereocenters. The lowest BCUT2D eigenvalue weighted by atomic mass is 10.0. The molecule has 0 aliphatic rings. The number of nitrogens with zero attached hydrogens (tertiary/aromatic N) is 3. The van der Waals surface area contributed by atoms with E-state index in [1.807, 2.05) is 31.2 Å². The second kappa shape index (κ2) is 11.0. The highest BCUT2D eigenvalue weighted by Gasteiger charge is 2.18. The van der Waals surface area contributed by atoms with E-state index in [1.165, 1.54) is 41.2 Å². The van der Waals surface area contributed by atoms with Crippen LogP contribution >= 0.6 is 0 Å². The van der Waals surface area contributed by atoms with Gasteiger partial charge in [0.15, 0.2) is 5.78 Å². The second-order valence-corrected chi connectivity index (χ2v) is 8.62. The molecule has 37 heavy (non-hydrogen) atoms. The van der Waals surface area contributed by atoms with E-state index >= 15 is 0 Å². The third-order valence-electron chi connectivity index (χ3n) is 6.02. The Labute approximate surface area is 213 Å². The standard InChI is InChI=1S/C28H26FN5O3/c1-17-6-4-5-7-23(17)26-32-15-24(33-27(36)18(2)30-3)28(37)34(26)16-19-12-21(14-31-13-19)25(35)20-8-10-22(29)11-9-20/h4-15,18,30H,16H2,1-3H3,(H,33,36). The number of hydrogen-bond acceptors (Lipinski definition) is 6. The van der Waals surface area contributed by atoms with Gasteiger partial charge in [-0.15, -0.1) is 0 Å². The molecule has 2 aromatic heterocycles. The number of hydrogen-bond donors (Lipinski definition) is 2. The molecule has 188 valence electrons. The maximum Gasteiger partial charge on any atom is 0.277 e. The van der Waals surface area contributed by atoms with Crippen LogP contribution in [0.1, 0.15) is 34.0 Å². The largest absolute Gasteiger partial charge is 0.319 e. The SMILES string of the molecule is CNC(C)C(=O)Nc1cnc(-c2ccccc2C)n(Cc2cncc(C(=O)c3ccc(F)cc3)c2)c1=O. The van der Waals surface area contributed by atoms with Gasteiger partial charge >= 0.3 is 0 Å². The Morgan fingerprint density at radius 3 is 2.46 bits per heavy atom. The maximum atomic E-state index is 13.6. The number of ketones is 1. The van der Waals surface area contributed by atoms with Crippen LogP contribution < -0.4 is 16.2 Å². The summed E-state index contributed by atoms with van der Waals surface area (Å²) in [7, 11) is 1.65. The molecule has 0 radical (unpaired) electrons. The summed E-state index contributed by atoms with van der Waals surface area (Å²) in [5.74, 6) is -0.709. The van der Waals surface area contributed by atoms with Crippen LogP contribution in [0.25, 0.3) is 11.4 Å². The Morgan fingerprint density at radius 1 is 1.03 bits per heavy atom. The Kier molecular flexibility index (Phi) is 7.64. The molecule has 0 spiro atoms. The molecule has 1 amide bonds. The van der Waals surface area contributed by atoms with Crippen molar-refractivity contribution in [3.63, 3.8) is 0 Å². The lowest BCUT2D eigenvalue weighted by Crippen LogP contribution is -2.38. The summed E-state index contributed by atoms with van der Waals surface area (Å²) >= 11 is 0. The first-order valence-corrected chi connectivity index (χ1v) is 11.7. The summed E-state index contributed by atoms with van der Waals surface area (Å²) in [5.41, 5.74) is 2.47. The number of halogens is 1. The first kappa shape index (κ1) is 25.6. The van der Waals surface area contributed by atoms with Gasteiger partial charge in [-0.2, -0.15) is 0 Å². The van der Waals surface area contributed by atoms with Gasteiger partial charge in [-0.1, -0.05) is 24.3 Å². The molecule has 0 bridgehead atoms. The lowest BCUT2D eigenvalue weighted by molar-refractivity contribution is -0.117. The highest BCUT2D eigenvalue weighted by Crippen LogP contribution is 2.22. The number of pyridine rings is 1. The van der Waals surface area contributed by atoms with E-state index in [4.69, 9.17) is 0 Å². The molecule has 4 aromatic rings. The summed E-state index contributed by atoms with van der Waals surface area (Å²) in [6.45, 7) is 3.65. The zero-order chi connectivity index (χ0) is 26.5. The topological polar surface area (TPSA) is 106 Å². The van der Waals surface area contributed by atoms with Gasteiger partial charge in [-0.3, -0.25) is 23.9 Å². The normalized spacial score (nSPS) is 11.7. The fourth-order valence-electron chi connectivity index (χ4n) is 3.78. The van der Waals surface area contributed by atoms with Crippen LogP contribution in [-0.2, 0) is 11.3 Å². The van der Waals surface area contributed by atoms with E-state index in [1.54, 1.807) is 26.2 Å². The molecule has 8 nitrogen and oxygen atoms in total. The van der Waals surface area contributed by atoms with Crippen molar-refractivity contribution >= 4 is 17.4 Å². The van der Waals surface area contributed by atoms with Gasteiger partial charge in [-0.25, -0.2) is 9.37 Å². The molecule has 0 fully saturated rings. The third kappa shape index (κ3) is 5.68. The summed E-state index contributed by atoms with van der Waals surface area (Å²) in [6.07, 6.45) is 4.34. The van der Waals surface area contributed by atoms with Gasteiger partial charge in [0, 0.05) is 29.1 Å². The van der Waals surface area contributed by atoms with Gasteiger partial charge < -0.3 is 10.6 Å². The van der Waals surface area contributed by atoms with Crippen molar-refractivity contribution in [3.8, 4) is 11.4 Å². The fraction of sp³-hybridized carbons (Fsp3) is 0.179. The van der Waals surface area contributed by atoms with Crippen molar-refractivity contribution in [2.75, 3.05) is 12.4 Å². The van der Waals surface area contributed by atoms with Gasteiger partial charge in [0.25, 0.3) is 5.56 Å². The summed E-state index contributed by atoms with van der Waals surface area (Å²) in [6, 6.07) is 13.9. The molecule has 0 saturated heterocycles. The summed E-state index contributed by atoms with van der Waals surface area (Å²) < 4.78 is 14.7. The number of nitrogens with one attached hydrogen (secondary N) is 2. The monoisotopic (exact) mass is 499 g/mol. The minimum Gasteiger partial charge on any atom is -0.319 e. The molecule has 0 aliphatic heterocycles. The Morgan fingerprint density at radius 2 is 1.76 bits per heavy atom. The van der Waals surface area contributed by atoms with E-state index in [0.717, 1.165) is 11.1 Å². The minimum atomic E-state index is -0.512. The number of amides is 1. The average Bonchev–Trinajstić information content (AvgIpc) is 2.91. The molecule has 0 saturated carbocycles. The van der Waals surface area contributed by atoms with Crippen LogP contribution in [0.15, 0.2) is 78.0 Å². The van der Waals surface area contributed by atoms with Crippen molar-refractivity contribution in [3.05, 3.63) is 112 Å². The molecular weight excluding hydrogens is 473 g/mol. The predicted molar refractivity (Wildman–Crippen MR) is 139 cm³/mol. The lowest BCUT2D eigenvalue weighted by Gasteiger charge is -2.17. The highest BCUT2D eigenvalue weighted by atomic mass is 19.1. The van der Waals surface area contributed by atoms with Gasteiger partial charge in [-0.05, 0) is 62.4 Å². The third-order valence-corrected chi connectivity index (χ3v) is 6.02. The van der Waals surface area contributed by atoms with E-state index in [-0.39, 0.29) is 23.9 Å². The van der Waals surface area contributed by atoms with Crippen LogP contribution in [0, 0.1) is 12.7 Å². The highest BCUT2D eigenvalue weighted by molar-refractivity contribution is 6.08. The molecule has 2 N–H and O–H groups in total. The number of aromatic nitrogens is 3. The quantitative estimate of drug-likeness (QED) is 0.359. The van der Waals surface area contributed by atoms with Crippen molar-refractivity contribution in [1.82, 2.24) is 19.9 Å². The van der Waals surface area contributed by atoms with Crippen molar-refractivity contribution in [2.24, 2.45) is 0 Å². The van der Waals surface area contributed by atoms with Crippen molar-refractivity contribution in [1.29, 1.82) is 0 Å². The Hall–Kier alpha value is -4.50. The predicted octanol–water partition coefficient (Wildman–Crippen LogP) is 3.58. The van der Waals surface area contributed by atoms with E-state index < -0.39 is 17.4 Å². The van der Waals surface area contributed by atoms with Crippen molar-refractivity contribution < 1.29 is 14.0 Å². The number of likely N-dealkylation sites (N-methyl/N-ethyl adjacent to an activating group) is 1. The second-order valence-electron chi connectivity index (χ2n) is 8.62. The van der Waals surface area contributed by atoms with Crippen LogP contribution in [-0.4, -0.2) is 39.3 Å². The fourth-order valence-corrected chi connectivity index (χ4v) is 3.78. The molecule has 1 unspecified atom stereocenters. The molecule has 2 aromatic carbocycles. The Bertz CT molecular complexity index is 1520. The molecule has 0 aliphatic carbocycles. The number of carbonyl (C=O) groups excluding carboxylic acids is 2. The maximum absolute atomic E-state index is 13.6. The van der Waals surface area contributed by atoms with Crippen LogP contribution in [0.2, 0.25) is 0 Å². The van der Waals surface area contributed by atoms with Crippen LogP contribution in [0.5, 0.6) is 0 Å². The number of aryl methyl sites for hydroxylation is 1. The number of benzene rings is 2. The van der Waals surface area contributed by atoms with Crippen molar-refractivity contribution in [2.45, 2.75) is 26.4 Å². The van der Waals surface area contributed by atoms with Crippen LogP contribution in [0.4, 0.5) is 10.1 Å². The van der Waals surface area contributed by atoms with Gasteiger partial charge in [0.1, 0.15) is 17.3 Å².